The van der Waals surface area contributed by atoms with Gasteiger partial charge in [0.05, 0.1) is 19.8 Å². The first-order chi connectivity index (χ1) is 12.6. The van der Waals surface area contributed by atoms with Crippen molar-refractivity contribution in [2.75, 3.05) is 14.2 Å². The Hall–Kier alpha value is -2.54. The van der Waals surface area contributed by atoms with E-state index in [4.69, 9.17) is 13.9 Å². The fourth-order valence-corrected chi connectivity index (χ4v) is 4.36. The summed E-state index contributed by atoms with van der Waals surface area (Å²) in [7, 11) is 3.05. The van der Waals surface area contributed by atoms with E-state index in [1.807, 2.05) is 11.0 Å². The van der Waals surface area contributed by atoms with Gasteiger partial charge in [0.15, 0.2) is 5.76 Å². The maximum absolute atomic E-state index is 12.9. The first-order valence-corrected chi connectivity index (χ1v) is 8.74. The Bertz CT molecular complexity index is 804. The number of furan rings is 1. The van der Waals surface area contributed by atoms with Gasteiger partial charge in [0, 0.05) is 42.8 Å². The van der Waals surface area contributed by atoms with Crippen molar-refractivity contribution in [1.82, 2.24) is 9.88 Å². The normalized spacial score (nSPS) is 27.4. The lowest BCUT2D eigenvalue weighted by atomic mass is 9.80. The minimum Gasteiger partial charge on any atom is -0.481 e. The first kappa shape index (κ1) is 16.9. The highest BCUT2D eigenvalue weighted by atomic mass is 16.6. The molecule has 0 spiro atoms. The van der Waals surface area contributed by atoms with E-state index in [-0.39, 0.29) is 23.8 Å². The summed E-state index contributed by atoms with van der Waals surface area (Å²) < 4.78 is 15.8. The minimum atomic E-state index is -1.05. The molecular formula is C19H22N2O5. The molecule has 2 atom stereocenters. The molecule has 0 aliphatic carbocycles. The highest BCUT2D eigenvalue weighted by Crippen LogP contribution is 2.47. The number of piperidine rings is 1. The van der Waals surface area contributed by atoms with Gasteiger partial charge < -0.3 is 23.9 Å². The molecule has 7 heteroatoms. The summed E-state index contributed by atoms with van der Waals surface area (Å²) in [5.74, 6) is 0.864. The SMILES string of the molecule is COc1ccc(C(=O)N2C3CCC2CC(O)(c2cccnc2OC)C3)o1. The zero-order chi connectivity index (χ0) is 18.3. The molecule has 0 saturated carbocycles. The molecule has 2 aromatic heterocycles. The molecule has 1 amide bonds. The molecule has 0 aromatic carbocycles. The van der Waals surface area contributed by atoms with Crippen molar-refractivity contribution in [3.63, 3.8) is 0 Å². The van der Waals surface area contributed by atoms with E-state index in [9.17, 15) is 9.90 Å². The standard InChI is InChI=1S/C19H22N2O5/c1-24-16-8-7-15(26-16)18(22)21-12-5-6-13(21)11-19(23,10-12)14-4-3-9-20-17(14)25-2/h3-4,7-9,12-13,23H,5-6,10-11H2,1-2H3. The molecule has 2 aromatic rings. The van der Waals surface area contributed by atoms with E-state index in [1.54, 1.807) is 31.5 Å². The molecular weight excluding hydrogens is 336 g/mol. The number of hydrogen-bond acceptors (Lipinski definition) is 6. The van der Waals surface area contributed by atoms with Crippen molar-refractivity contribution in [1.29, 1.82) is 0 Å². The van der Waals surface area contributed by atoms with E-state index < -0.39 is 5.60 Å². The largest absolute Gasteiger partial charge is 0.481 e. The van der Waals surface area contributed by atoms with Crippen molar-refractivity contribution in [2.24, 2.45) is 0 Å². The molecule has 4 rings (SSSR count). The van der Waals surface area contributed by atoms with Crippen LogP contribution >= 0.6 is 0 Å². The Morgan fingerprint density at radius 1 is 1.23 bits per heavy atom. The number of ether oxygens (including phenoxy) is 2. The topological polar surface area (TPSA) is 85.0 Å². The van der Waals surface area contributed by atoms with Gasteiger partial charge in [-0.1, -0.05) is 0 Å². The van der Waals surface area contributed by atoms with Crippen LogP contribution in [0.15, 0.2) is 34.9 Å². The lowest BCUT2D eigenvalue weighted by Gasteiger charge is -2.43. The lowest BCUT2D eigenvalue weighted by molar-refractivity contribution is -0.0501. The third-order valence-corrected chi connectivity index (χ3v) is 5.46. The van der Waals surface area contributed by atoms with Crippen molar-refractivity contribution in [2.45, 2.75) is 43.4 Å². The van der Waals surface area contributed by atoms with Gasteiger partial charge in [-0.2, -0.15) is 0 Å². The zero-order valence-corrected chi connectivity index (χ0v) is 14.8. The van der Waals surface area contributed by atoms with Gasteiger partial charge in [-0.3, -0.25) is 4.79 Å². The van der Waals surface area contributed by atoms with E-state index in [0.717, 1.165) is 12.8 Å². The van der Waals surface area contributed by atoms with Crippen LogP contribution in [0, 0.1) is 0 Å². The molecule has 138 valence electrons. The minimum absolute atomic E-state index is 0.0488. The van der Waals surface area contributed by atoms with Crippen molar-refractivity contribution >= 4 is 5.91 Å². The highest BCUT2D eigenvalue weighted by Gasteiger charge is 2.51. The molecule has 2 aliphatic heterocycles. The fraction of sp³-hybridized carbons (Fsp3) is 0.474. The summed E-state index contributed by atoms with van der Waals surface area (Å²) in [6, 6.07) is 6.81. The lowest BCUT2D eigenvalue weighted by Crippen LogP contribution is -2.52. The van der Waals surface area contributed by atoms with E-state index in [2.05, 4.69) is 4.98 Å². The molecule has 2 saturated heterocycles. The molecule has 2 fully saturated rings. The number of amides is 1. The van der Waals surface area contributed by atoms with Gasteiger partial charge in [-0.15, -0.1) is 0 Å². The average molecular weight is 358 g/mol. The Balaban J connectivity index is 1.60. The van der Waals surface area contributed by atoms with Crippen molar-refractivity contribution in [3.05, 3.63) is 41.8 Å². The second kappa shape index (κ2) is 6.32. The highest BCUT2D eigenvalue weighted by molar-refractivity contribution is 5.92. The summed E-state index contributed by atoms with van der Waals surface area (Å²) in [5.41, 5.74) is -0.366. The van der Waals surface area contributed by atoms with Crippen LogP contribution in [-0.4, -0.2) is 47.2 Å². The summed E-state index contributed by atoms with van der Waals surface area (Å²) in [5, 5.41) is 11.3. The number of fused-ring (bicyclic) bond motifs is 2. The molecule has 26 heavy (non-hydrogen) atoms. The van der Waals surface area contributed by atoms with Gasteiger partial charge in [0.2, 0.25) is 5.88 Å². The zero-order valence-electron chi connectivity index (χ0n) is 14.8. The van der Waals surface area contributed by atoms with Crippen LogP contribution in [0.4, 0.5) is 0 Å². The van der Waals surface area contributed by atoms with Crippen LogP contribution in [0.1, 0.15) is 41.8 Å². The number of hydrogen-bond donors (Lipinski definition) is 1. The van der Waals surface area contributed by atoms with E-state index >= 15 is 0 Å². The molecule has 4 heterocycles. The maximum atomic E-state index is 12.9. The van der Waals surface area contributed by atoms with Gasteiger partial charge in [-0.05, 0) is 31.0 Å². The van der Waals surface area contributed by atoms with Crippen molar-refractivity contribution in [3.8, 4) is 11.8 Å². The summed E-state index contributed by atoms with van der Waals surface area (Å²) in [4.78, 5) is 19.0. The molecule has 2 bridgehead atoms. The molecule has 7 nitrogen and oxygen atoms in total. The number of aliphatic hydroxyl groups is 1. The Morgan fingerprint density at radius 3 is 2.58 bits per heavy atom. The number of rotatable bonds is 4. The number of aromatic nitrogens is 1. The van der Waals surface area contributed by atoms with Gasteiger partial charge in [0.25, 0.3) is 11.9 Å². The van der Waals surface area contributed by atoms with Crippen LogP contribution in [0.25, 0.3) is 0 Å². The first-order valence-electron chi connectivity index (χ1n) is 8.74. The number of methoxy groups -OCH3 is 2. The Kier molecular flexibility index (Phi) is 4.11. The predicted molar refractivity (Wildman–Crippen MR) is 92.2 cm³/mol. The predicted octanol–water partition coefficient (Wildman–Crippen LogP) is 2.35. The fourth-order valence-electron chi connectivity index (χ4n) is 4.36. The van der Waals surface area contributed by atoms with Crippen LogP contribution in [-0.2, 0) is 5.60 Å². The summed E-state index contributed by atoms with van der Waals surface area (Å²) in [6.07, 6.45) is 4.27. The second-order valence-electron chi connectivity index (χ2n) is 6.92. The van der Waals surface area contributed by atoms with E-state index in [1.165, 1.54) is 7.11 Å². The second-order valence-corrected chi connectivity index (χ2v) is 6.92. The number of nitrogens with zero attached hydrogens (tertiary/aromatic N) is 2. The van der Waals surface area contributed by atoms with E-state index in [0.29, 0.717) is 30.2 Å². The molecule has 2 aliphatic rings. The summed E-state index contributed by atoms with van der Waals surface area (Å²) in [6.45, 7) is 0. The number of carbonyl (C=O) groups excluding carboxylic acids is 1. The average Bonchev–Trinajstić information content (AvgIpc) is 3.24. The third kappa shape index (κ3) is 2.63. The van der Waals surface area contributed by atoms with Crippen LogP contribution < -0.4 is 9.47 Å². The smallest absolute Gasteiger partial charge is 0.290 e. The number of pyridine rings is 1. The van der Waals surface area contributed by atoms with Crippen molar-refractivity contribution < 1.29 is 23.8 Å². The van der Waals surface area contributed by atoms with Crippen LogP contribution in [0.2, 0.25) is 0 Å². The quantitative estimate of drug-likeness (QED) is 0.903. The van der Waals surface area contributed by atoms with Crippen LogP contribution in [0.5, 0.6) is 11.8 Å². The van der Waals surface area contributed by atoms with Gasteiger partial charge in [0.1, 0.15) is 0 Å². The molecule has 1 N–H and O–H groups in total. The van der Waals surface area contributed by atoms with Gasteiger partial charge in [-0.25, -0.2) is 4.98 Å². The maximum Gasteiger partial charge on any atom is 0.290 e. The van der Waals surface area contributed by atoms with Crippen LogP contribution in [0.3, 0.4) is 0 Å². The number of carbonyl (C=O) groups is 1. The summed E-state index contributed by atoms with van der Waals surface area (Å²) >= 11 is 0. The third-order valence-electron chi connectivity index (χ3n) is 5.46. The Labute approximate surface area is 151 Å². The van der Waals surface area contributed by atoms with Gasteiger partial charge >= 0.3 is 0 Å². The monoisotopic (exact) mass is 358 g/mol. The molecule has 0 radical (unpaired) electrons. The Morgan fingerprint density at radius 2 is 1.96 bits per heavy atom. The molecule has 2 unspecified atom stereocenters.